The normalized spacial score (nSPS) is 16.5. The van der Waals surface area contributed by atoms with Gasteiger partial charge < -0.3 is 8.54 Å². The van der Waals surface area contributed by atoms with Crippen molar-refractivity contribution in [2.24, 2.45) is 0 Å². The highest BCUT2D eigenvalue weighted by Gasteiger charge is 2.42. The summed E-state index contributed by atoms with van der Waals surface area (Å²) in [7, 11) is -2.83. The molecule has 2 nitrogen and oxygen atoms in total. The molecule has 0 radical (unpaired) electrons. The third-order valence-electron chi connectivity index (χ3n) is 4.03. The van der Waals surface area contributed by atoms with Crippen LogP contribution in [0.15, 0.2) is 73.3 Å². The molecule has 0 aromatic heterocycles. The van der Waals surface area contributed by atoms with Crippen molar-refractivity contribution in [2.45, 2.75) is 19.1 Å². The first-order valence-electron chi connectivity index (χ1n) is 7.51. The summed E-state index contributed by atoms with van der Waals surface area (Å²) in [6.45, 7) is 8.30. The Labute approximate surface area is 135 Å². The maximum atomic E-state index is 6.77. The van der Waals surface area contributed by atoms with Gasteiger partial charge in [-0.05, 0) is 29.5 Å². The van der Waals surface area contributed by atoms with E-state index in [1.807, 2.05) is 30.3 Å². The summed E-state index contributed by atoms with van der Waals surface area (Å²) in [6, 6.07) is 21.7. The van der Waals surface area contributed by atoms with E-state index in [1.54, 1.807) is 7.11 Å². The fourth-order valence-corrected chi connectivity index (χ4v) is 10.4. The van der Waals surface area contributed by atoms with Gasteiger partial charge in [0, 0.05) is 7.11 Å². The molecule has 0 bridgehead atoms. The average molecular weight is 329 g/mol. The van der Waals surface area contributed by atoms with E-state index < -0.39 is 16.9 Å². The van der Waals surface area contributed by atoms with E-state index in [0.29, 0.717) is 0 Å². The molecule has 0 aliphatic carbocycles. The Morgan fingerprint density at radius 3 is 1.86 bits per heavy atom. The van der Waals surface area contributed by atoms with Crippen molar-refractivity contribution < 1.29 is 8.54 Å². The molecule has 0 saturated carbocycles. The van der Waals surface area contributed by atoms with E-state index in [2.05, 4.69) is 56.1 Å². The lowest BCUT2D eigenvalue weighted by molar-refractivity contribution is 0.320. The summed E-state index contributed by atoms with van der Waals surface area (Å²) in [4.78, 5) is 0. The van der Waals surface area contributed by atoms with E-state index in [-0.39, 0.29) is 0 Å². The van der Waals surface area contributed by atoms with Crippen molar-refractivity contribution in [1.82, 2.24) is 0 Å². The zero-order chi connectivity index (χ0) is 16.1. The number of hydrogen-bond donors (Lipinski definition) is 0. The first-order valence-corrected chi connectivity index (χ1v) is 12.4. The molecule has 0 aliphatic rings. The molecule has 4 heteroatoms. The van der Waals surface area contributed by atoms with Crippen LogP contribution in [0, 0.1) is 0 Å². The average Bonchev–Trinajstić information content (AvgIpc) is 2.56. The summed E-state index contributed by atoms with van der Waals surface area (Å²) in [6.07, 6.45) is 1.97. The van der Waals surface area contributed by atoms with E-state index in [9.17, 15) is 0 Å². The van der Waals surface area contributed by atoms with Gasteiger partial charge in [-0.15, -0.1) is 6.58 Å². The monoisotopic (exact) mass is 328 g/mol. The first kappa shape index (κ1) is 16.9. The van der Waals surface area contributed by atoms with Gasteiger partial charge in [0.25, 0.3) is 0 Å². The highest BCUT2D eigenvalue weighted by Crippen LogP contribution is 2.20. The van der Waals surface area contributed by atoms with Gasteiger partial charge >= 0.3 is 8.56 Å². The van der Waals surface area contributed by atoms with Crippen LogP contribution >= 0.6 is 0 Å². The topological polar surface area (TPSA) is 18.5 Å². The minimum Gasteiger partial charge on any atom is -0.428 e. The molecule has 0 saturated heterocycles. The second-order valence-corrected chi connectivity index (χ2v) is 12.8. The lowest BCUT2D eigenvalue weighted by Crippen LogP contribution is -2.61. The predicted octanol–water partition coefficient (Wildman–Crippen LogP) is 3.30. The SMILES string of the molecule is C=CC[Si](C)(O[Si](C)(OC)c1ccccc1)c1ccccc1. The third kappa shape index (κ3) is 3.65. The highest BCUT2D eigenvalue weighted by atomic mass is 28.4. The van der Waals surface area contributed by atoms with E-state index in [0.717, 1.165) is 11.2 Å². The maximum Gasteiger partial charge on any atom is 0.359 e. The van der Waals surface area contributed by atoms with Crippen molar-refractivity contribution in [3.8, 4) is 0 Å². The van der Waals surface area contributed by atoms with Gasteiger partial charge in [0.1, 0.15) is 0 Å². The molecule has 0 N–H and O–H groups in total. The summed E-state index contributed by atoms with van der Waals surface area (Å²) in [5.41, 5.74) is 0. The van der Waals surface area contributed by atoms with Gasteiger partial charge in [0.05, 0.1) is 0 Å². The summed E-state index contributed by atoms with van der Waals surface area (Å²) < 4.78 is 12.7. The van der Waals surface area contributed by atoms with Gasteiger partial charge in [-0.3, -0.25) is 0 Å². The molecule has 0 fully saturated rings. The molecule has 116 valence electrons. The third-order valence-corrected chi connectivity index (χ3v) is 12.2. The van der Waals surface area contributed by atoms with E-state index >= 15 is 0 Å². The standard InChI is InChI=1S/C18H24O2Si2/c1-5-16-21(3,17-12-8-6-9-13-17)20-22(4,19-2)18-14-10-7-11-15-18/h5-15H,1,16H2,2-4H3. The molecule has 2 unspecified atom stereocenters. The Hall–Kier alpha value is -1.47. The molecule has 2 rings (SSSR count). The molecule has 0 spiro atoms. The summed E-state index contributed by atoms with van der Waals surface area (Å²) >= 11 is 0. The molecule has 2 atom stereocenters. The second kappa shape index (κ2) is 7.20. The van der Waals surface area contributed by atoms with Crippen molar-refractivity contribution in [1.29, 1.82) is 0 Å². The van der Waals surface area contributed by atoms with Crippen LogP contribution in [0.1, 0.15) is 0 Å². The lowest BCUT2D eigenvalue weighted by Gasteiger charge is -2.37. The van der Waals surface area contributed by atoms with Gasteiger partial charge in [-0.1, -0.05) is 66.7 Å². The van der Waals surface area contributed by atoms with Gasteiger partial charge in [0.2, 0.25) is 8.32 Å². The van der Waals surface area contributed by atoms with Crippen LogP contribution < -0.4 is 10.4 Å². The number of allylic oxidation sites excluding steroid dienone is 1. The number of rotatable bonds is 7. The first-order chi connectivity index (χ1) is 10.5. The van der Waals surface area contributed by atoms with Gasteiger partial charge in [-0.25, -0.2) is 0 Å². The zero-order valence-electron chi connectivity index (χ0n) is 13.6. The summed E-state index contributed by atoms with van der Waals surface area (Å²) in [5.74, 6) is 0. The van der Waals surface area contributed by atoms with E-state index in [4.69, 9.17) is 8.54 Å². The van der Waals surface area contributed by atoms with Crippen LogP contribution in [0.5, 0.6) is 0 Å². The molecular weight excluding hydrogens is 304 g/mol. The Balaban J connectivity index is 2.39. The minimum atomic E-state index is -2.44. The molecule has 0 heterocycles. The van der Waals surface area contributed by atoms with E-state index in [1.165, 1.54) is 5.19 Å². The molecule has 0 aliphatic heterocycles. The zero-order valence-corrected chi connectivity index (χ0v) is 15.6. The Bertz CT molecular complexity index is 603. The van der Waals surface area contributed by atoms with Crippen LogP contribution in [0.25, 0.3) is 0 Å². The number of benzene rings is 2. The molecular formula is C18H24O2Si2. The van der Waals surface area contributed by atoms with Crippen LogP contribution in [-0.4, -0.2) is 24.0 Å². The predicted molar refractivity (Wildman–Crippen MR) is 98.5 cm³/mol. The smallest absolute Gasteiger partial charge is 0.359 e. The van der Waals surface area contributed by atoms with Crippen molar-refractivity contribution >= 4 is 27.3 Å². The fraction of sp³-hybridized carbons (Fsp3) is 0.222. The van der Waals surface area contributed by atoms with Crippen LogP contribution in [0.3, 0.4) is 0 Å². The highest BCUT2D eigenvalue weighted by molar-refractivity contribution is 6.95. The Morgan fingerprint density at radius 1 is 0.909 bits per heavy atom. The van der Waals surface area contributed by atoms with Crippen LogP contribution in [-0.2, 0) is 8.54 Å². The summed E-state index contributed by atoms with van der Waals surface area (Å²) in [5, 5.41) is 2.44. The molecule has 2 aromatic rings. The number of hydrogen-bond acceptors (Lipinski definition) is 2. The largest absolute Gasteiger partial charge is 0.428 e. The molecule has 0 amide bonds. The second-order valence-electron chi connectivity index (χ2n) is 5.71. The van der Waals surface area contributed by atoms with Crippen LogP contribution in [0.2, 0.25) is 19.1 Å². The lowest BCUT2D eigenvalue weighted by atomic mass is 10.4. The molecule has 22 heavy (non-hydrogen) atoms. The van der Waals surface area contributed by atoms with Crippen molar-refractivity contribution in [3.63, 3.8) is 0 Å². The fourth-order valence-electron chi connectivity index (χ4n) is 2.67. The van der Waals surface area contributed by atoms with Crippen molar-refractivity contribution in [2.75, 3.05) is 7.11 Å². The van der Waals surface area contributed by atoms with Gasteiger partial charge in [-0.2, -0.15) is 0 Å². The Morgan fingerprint density at radius 2 is 1.41 bits per heavy atom. The maximum absolute atomic E-state index is 6.77. The van der Waals surface area contributed by atoms with Gasteiger partial charge in [0.15, 0.2) is 0 Å². The molecule has 2 aromatic carbocycles. The Kier molecular flexibility index (Phi) is 5.53. The minimum absolute atomic E-state index is 0.871. The van der Waals surface area contributed by atoms with Crippen molar-refractivity contribution in [3.05, 3.63) is 73.3 Å². The van der Waals surface area contributed by atoms with Crippen LogP contribution in [0.4, 0.5) is 0 Å². The quantitative estimate of drug-likeness (QED) is 0.573.